The van der Waals surface area contributed by atoms with E-state index in [1.54, 1.807) is 12.1 Å². The number of benzene rings is 3. The van der Waals surface area contributed by atoms with E-state index in [0.29, 0.717) is 23.5 Å². The van der Waals surface area contributed by atoms with Gasteiger partial charge >= 0.3 is 0 Å². The molecule has 1 atom stereocenters. The summed E-state index contributed by atoms with van der Waals surface area (Å²) in [5.74, 6) is 1.63. The molecule has 248 valence electrons. The minimum atomic E-state index is -4.69. The van der Waals surface area contributed by atoms with Crippen LogP contribution >= 0.6 is 0 Å². The average Bonchev–Trinajstić information content (AvgIpc) is 3.07. The van der Waals surface area contributed by atoms with Crippen LogP contribution in [0, 0.1) is 0 Å². The zero-order chi connectivity index (χ0) is 32.3. The van der Waals surface area contributed by atoms with Gasteiger partial charge in [0, 0.05) is 71.2 Å². The van der Waals surface area contributed by atoms with E-state index >= 15 is 0 Å². The van der Waals surface area contributed by atoms with Gasteiger partial charge in [-0.1, -0.05) is 12.5 Å². The number of nitrogens with zero attached hydrogens (tertiary/aromatic N) is 2. The second kappa shape index (κ2) is 12.4. The number of hydrogen-bond acceptors (Lipinski definition) is 6. The lowest BCUT2D eigenvalue weighted by Gasteiger charge is -2.39. The summed E-state index contributed by atoms with van der Waals surface area (Å²) in [5, 5.41) is 2.16. The first-order valence-corrected chi connectivity index (χ1v) is 19.8. The van der Waals surface area contributed by atoms with Gasteiger partial charge < -0.3 is 15.4 Å². The van der Waals surface area contributed by atoms with Gasteiger partial charge in [0.1, 0.15) is 40.5 Å². The molecule has 3 aromatic rings. The Labute approximate surface area is 278 Å². The SMILES string of the molecule is NCCCCCNS(=O)c1ccc(C2=c3cc4c5c(c3Oc3c2cc2c6c3CCCN6CCC2)CCC[N+]=5CCC4)c(S(=O)(=O)O)c1. The Kier molecular flexibility index (Phi) is 8.24. The summed E-state index contributed by atoms with van der Waals surface area (Å²) in [6.07, 6.45) is 10.6. The van der Waals surface area contributed by atoms with Crippen molar-refractivity contribution in [3.8, 4) is 11.5 Å². The second-order valence-electron chi connectivity index (χ2n) is 13.5. The number of unbranched alkanes of at least 4 members (excludes halogenated alkanes) is 2. The predicted octanol–water partition coefficient (Wildman–Crippen LogP) is 3.11. The highest BCUT2D eigenvalue weighted by Gasteiger charge is 2.36. The van der Waals surface area contributed by atoms with Crippen LogP contribution in [0.3, 0.4) is 0 Å². The molecular weight excluding hydrogens is 633 g/mol. The van der Waals surface area contributed by atoms with Crippen LogP contribution in [0.4, 0.5) is 5.69 Å². The molecule has 0 bridgehead atoms. The molecule has 1 unspecified atom stereocenters. The number of ether oxygens (including phenoxy) is 1. The third-order valence-corrected chi connectivity index (χ3v) is 12.6. The topological polar surface area (TPSA) is 125 Å². The van der Waals surface area contributed by atoms with Crippen molar-refractivity contribution in [2.24, 2.45) is 5.73 Å². The van der Waals surface area contributed by atoms with E-state index < -0.39 is 21.1 Å². The van der Waals surface area contributed by atoms with Gasteiger partial charge in [0.25, 0.3) is 10.1 Å². The molecule has 11 heteroatoms. The molecule has 0 saturated heterocycles. The lowest BCUT2D eigenvalue weighted by molar-refractivity contribution is 0.431. The lowest BCUT2D eigenvalue weighted by atomic mass is 9.82. The Bertz CT molecular complexity index is 2050. The Morgan fingerprint density at radius 2 is 1.66 bits per heavy atom. The number of fused-ring (bicyclic) bond motifs is 4. The number of aryl methyl sites for hydroxylation is 2. The molecular formula is C36H43N4O5S2+. The Morgan fingerprint density at radius 1 is 0.894 bits per heavy atom. The van der Waals surface area contributed by atoms with Crippen LogP contribution in [0.25, 0.3) is 5.57 Å². The van der Waals surface area contributed by atoms with E-state index in [-0.39, 0.29) is 4.90 Å². The van der Waals surface area contributed by atoms with Gasteiger partial charge in [-0.05, 0) is 87.7 Å². The van der Waals surface area contributed by atoms with Crippen LogP contribution < -0.4 is 35.2 Å². The number of anilines is 1. The standard InChI is InChI=1S/C36H42N4O5S2/c37-14-2-1-3-15-38-46(41)25-12-13-26(31(22-25)47(42,43)44)32-29-20-23-8-4-16-39-18-6-10-27(33(23)39)35(29)45-36-28-11-7-19-40-17-5-9-24(34(28)40)21-30(32)36/h12-13,20-22,38H,1-11,14-19,37H2/p+1. The highest BCUT2D eigenvalue weighted by atomic mass is 32.2. The Hall–Kier alpha value is -3.09. The molecule has 3 aromatic carbocycles. The predicted molar refractivity (Wildman–Crippen MR) is 184 cm³/mol. The maximum Gasteiger partial charge on any atom is 0.295 e. The van der Waals surface area contributed by atoms with E-state index in [9.17, 15) is 17.2 Å². The lowest BCUT2D eigenvalue weighted by Crippen LogP contribution is -2.45. The summed E-state index contributed by atoms with van der Waals surface area (Å²) >= 11 is 0. The molecule has 0 aromatic heterocycles. The van der Waals surface area contributed by atoms with Crippen molar-refractivity contribution in [3.63, 3.8) is 0 Å². The fourth-order valence-electron chi connectivity index (χ4n) is 8.54. The molecule has 0 aliphatic carbocycles. The van der Waals surface area contributed by atoms with Gasteiger partial charge in [0.05, 0.1) is 10.5 Å². The molecule has 0 spiro atoms. The molecule has 8 rings (SSSR count). The Balaban J connectivity index is 1.38. The average molecular weight is 676 g/mol. The third kappa shape index (κ3) is 5.44. The first kappa shape index (κ1) is 31.2. The molecule has 0 fully saturated rings. The zero-order valence-electron chi connectivity index (χ0n) is 26.8. The number of hydrogen-bond donors (Lipinski definition) is 3. The molecule has 5 heterocycles. The van der Waals surface area contributed by atoms with E-state index in [4.69, 9.17) is 10.5 Å². The summed E-state index contributed by atoms with van der Waals surface area (Å²) in [5.41, 5.74) is 13.9. The largest absolute Gasteiger partial charge is 0.455 e. The fourth-order valence-corrected chi connectivity index (χ4v) is 10.2. The number of nitrogens with two attached hydrogens (primary N) is 1. The monoisotopic (exact) mass is 675 g/mol. The van der Waals surface area contributed by atoms with Crippen LogP contribution in [0.1, 0.15) is 78.3 Å². The summed E-state index contributed by atoms with van der Waals surface area (Å²) in [7, 11) is -6.34. The van der Waals surface area contributed by atoms with Crippen molar-refractivity contribution in [2.45, 2.75) is 80.4 Å². The van der Waals surface area contributed by atoms with E-state index in [1.807, 2.05) is 0 Å². The summed E-state index contributed by atoms with van der Waals surface area (Å²) in [6, 6.07) is 9.26. The normalized spacial score (nSPS) is 18.6. The molecule has 0 radical (unpaired) electrons. The maximum atomic E-state index is 13.3. The second-order valence-corrected chi connectivity index (χ2v) is 16.2. The minimum Gasteiger partial charge on any atom is -0.455 e. The van der Waals surface area contributed by atoms with Gasteiger partial charge in [0.2, 0.25) is 5.36 Å². The van der Waals surface area contributed by atoms with Crippen molar-refractivity contribution in [1.29, 1.82) is 0 Å². The minimum absolute atomic E-state index is 0.233. The molecule has 47 heavy (non-hydrogen) atoms. The van der Waals surface area contributed by atoms with E-state index in [0.717, 1.165) is 125 Å². The van der Waals surface area contributed by atoms with Crippen molar-refractivity contribution < 1.29 is 21.9 Å². The summed E-state index contributed by atoms with van der Waals surface area (Å²) in [6.45, 7) is 5.27. The van der Waals surface area contributed by atoms with Crippen molar-refractivity contribution in [1.82, 2.24) is 9.30 Å². The quantitative estimate of drug-likeness (QED) is 0.142. The smallest absolute Gasteiger partial charge is 0.295 e. The van der Waals surface area contributed by atoms with Gasteiger partial charge in [0.15, 0.2) is 0 Å². The van der Waals surface area contributed by atoms with E-state index in [2.05, 4.69) is 26.3 Å². The van der Waals surface area contributed by atoms with Crippen LogP contribution in [0.15, 0.2) is 40.1 Å². The summed E-state index contributed by atoms with van der Waals surface area (Å²) < 4.78 is 63.0. The first-order chi connectivity index (χ1) is 22.8. The molecule has 5 aliphatic rings. The van der Waals surface area contributed by atoms with Crippen LogP contribution in [-0.2, 0) is 46.8 Å². The highest BCUT2D eigenvalue weighted by molar-refractivity contribution is 7.86. The van der Waals surface area contributed by atoms with Gasteiger partial charge in [-0.2, -0.15) is 8.42 Å². The van der Waals surface area contributed by atoms with Crippen molar-refractivity contribution >= 4 is 32.4 Å². The number of rotatable bonds is 9. The van der Waals surface area contributed by atoms with Gasteiger partial charge in [-0.25, -0.2) is 13.5 Å². The van der Waals surface area contributed by atoms with E-state index in [1.165, 1.54) is 39.4 Å². The van der Waals surface area contributed by atoms with Crippen molar-refractivity contribution in [2.75, 3.05) is 44.2 Å². The molecule has 0 amide bonds. The molecule has 4 N–H and O–H groups in total. The Morgan fingerprint density at radius 3 is 2.47 bits per heavy atom. The third-order valence-electron chi connectivity index (χ3n) is 10.5. The molecule has 9 nitrogen and oxygen atoms in total. The van der Waals surface area contributed by atoms with Gasteiger partial charge in [-0.3, -0.25) is 4.55 Å². The van der Waals surface area contributed by atoms with Crippen LogP contribution in [0.5, 0.6) is 11.5 Å². The molecule has 5 aliphatic heterocycles. The highest BCUT2D eigenvalue weighted by Crippen LogP contribution is 2.49. The van der Waals surface area contributed by atoms with Crippen molar-refractivity contribution in [3.05, 3.63) is 74.3 Å². The molecule has 0 saturated carbocycles. The zero-order valence-corrected chi connectivity index (χ0v) is 28.4. The van der Waals surface area contributed by atoms with Gasteiger partial charge in [-0.15, -0.1) is 0 Å². The fraction of sp³-hybridized carbons (Fsp3) is 0.472. The summed E-state index contributed by atoms with van der Waals surface area (Å²) in [4.78, 5) is 2.56. The van der Waals surface area contributed by atoms with Crippen LogP contribution in [-0.4, -0.2) is 56.4 Å². The first-order valence-electron chi connectivity index (χ1n) is 17.2. The maximum absolute atomic E-state index is 13.3. The van der Waals surface area contributed by atoms with Crippen LogP contribution in [0.2, 0.25) is 0 Å². The number of nitrogens with one attached hydrogen (secondary N) is 1.